The van der Waals surface area contributed by atoms with Crippen LogP contribution >= 0.6 is 0 Å². The van der Waals surface area contributed by atoms with Gasteiger partial charge in [0.05, 0.1) is 5.92 Å². The molecule has 136 valence electrons. The van der Waals surface area contributed by atoms with Crippen LogP contribution in [0.15, 0.2) is 24.5 Å². The van der Waals surface area contributed by atoms with Crippen molar-refractivity contribution in [1.29, 1.82) is 0 Å². The van der Waals surface area contributed by atoms with E-state index in [1.165, 1.54) is 0 Å². The van der Waals surface area contributed by atoms with E-state index in [0.29, 0.717) is 19.0 Å². The van der Waals surface area contributed by atoms with Gasteiger partial charge in [-0.15, -0.1) is 0 Å². The van der Waals surface area contributed by atoms with Crippen LogP contribution in [0.1, 0.15) is 38.2 Å². The lowest BCUT2D eigenvalue weighted by Gasteiger charge is -2.37. The largest absolute Gasteiger partial charge is 0.342 e. The monoisotopic (exact) mass is 344 g/mol. The van der Waals surface area contributed by atoms with Crippen molar-refractivity contribution in [3.8, 4) is 0 Å². The highest BCUT2D eigenvalue weighted by atomic mass is 16.2. The van der Waals surface area contributed by atoms with E-state index in [-0.39, 0.29) is 17.9 Å². The van der Waals surface area contributed by atoms with E-state index in [4.69, 9.17) is 0 Å². The Bertz CT molecular complexity index is 584. The number of hydrogen-bond acceptors (Lipinski definition) is 3. The third kappa shape index (κ3) is 4.71. The van der Waals surface area contributed by atoms with Crippen LogP contribution in [-0.2, 0) is 11.3 Å². The highest BCUT2D eigenvalue weighted by Gasteiger charge is 2.32. The Labute approximate surface area is 149 Å². The van der Waals surface area contributed by atoms with Gasteiger partial charge in [-0.2, -0.15) is 0 Å². The minimum atomic E-state index is -0.0819. The molecule has 1 aromatic heterocycles. The number of rotatable bonds is 3. The van der Waals surface area contributed by atoms with E-state index in [2.05, 4.69) is 17.2 Å². The van der Waals surface area contributed by atoms with E-state index < -0.39 is 0 Å². The Morgan fingerprint density at radius 3 is 2.56 bits per heavy atom. The van der Waals surface area contributed by atoms with Crippen molar-refractivity contribution in [1.82, 2.24) is 20.1 Å². The molecule has 0 saturated carbocycles. The van der Waals surface area contributed by atoms with Crippen LogP contribution < -0.4 is 5.32 Å². The zero-order valence-corrected chi connectivity index (χ0v) is 15.0. The quantitative estimate of drug-likeness (QED) is 0.915. The SMILES string of the molecule is CC1CCN(C(=O)[C@H]2CCCN(C(=O)NCc3ccncc3)C2)CC1. The van der Waals surface area contributed by atoms with Crippen LogP contribution in [0.25, 0.3) is 0 Å². The molecule has 0 bridgehead atoms. The normalized spacial score (nSPS) is 21.9. The Morgan fingerprint density at radius 1 is 1.12 bits per heavy atom. The van der Waals surface area contributed by atoms with E-state index in [1.54, 1.807) is 17.3 Å². The summed E-state index contributed by atoms with van der Waals surface area (Å²) >= 11 is 0. The number of hydrogen-bond donors (Lipinski definition) is 1. The van der Waals surface area contributed by atoms with E-state index in [0.717, 1.165) is 50.9 Å². The van der Waals surface area contributed by atoms with Gasteiger partial charge in [-0.05, 0) is 49.3 Å². The summed E-state index contributed by atoms with van der Waals surface area (Å²) < 4.78 is 0. The van der Waals surface area contributed by atoms with Crippen LogP contribution in [0, 0.1) is 11.8 Å². The van der Waals surface area contributed by atoms with Gasteiger partial charge in [0.1, 0.15) is 0 Å². The van der Waals surface area contributed by atoms with E-state index >= 15 is 0 Å². The van der Waals surface area contributed by atoms with Crippen LogP contribution in [-0.4, -0.2) is 52.9 Å². The molecule has 1 atom stereocenters. The fourth-order valence-electron chi connectivity index (χ4n) is 3.64. The first-order valence-corrected chi connectivity index (χ1v) is 9.34. The molecule has 2 aliphatic heterocycles. The zero-order valence-electron chi connectivity index (χ0n) is 15.0. The highest BCUT2D eigenvalue weighted by Crippen LogP contribution is 2.23. The van der Waals surface area contributed by atoms with Crippen molar-refractivity contribution >= 4 is 11.9 Å². The van der Waals surface area contributed by atoms with Crippen molar-refractivity contribution in [3.63, 3.8) is 0 Å². The fourth-order valence-corrected chi connectivity index (χ4v) is 3.64. The first-order valence-electron chi connectivity index (χ1n) is 9.34. The molecule has 0 unspecified atom stereocenters. The third-order valence-corrected chi connectivity index (χ3v) is 5.35. The lowest BCUT2D eigenvalue weighted by molar-refractivity contribution is -0.138. The molecule has 1 aromatic rings. The maximum Gasteiger partial charge on any atom is 0.317 e. The molecule has 0 aliphatic carbocycles. The third-order valence-electron chi connectivity index (χ3n) is 5.35. The molecule has 0 radical (unpaired) electrons. The van der Waals surface area contributed by atoms with Gasteiger partial charge >= 0.3 is 6.03 Å². The second-order valence-electron chi connectivity index (χ2n) is 7.31. The summed E-state index contributed by atoms with van der Waals surface area (Å²) in [6.07, 6.45) is 7.40. The molecule has 2 aliphatic rings. The Morgan fingerprint density at radius 2 is 1.84 bits per heavy atom. The number of piperidine rings is 2. The second-order valence-corrected chi connectivity index (χ2v) is 7.31. The summed E-state index contributed by atoms with van der Waals surface area (Å²) in [5.74, 6) is 0.901. The summed E-state index contributed by atoms with van der Waals surface area (Å²) in [4.78, 5) is 33.0. The van der Waals surface area contributed by atoms with Crippen molar-refractivity contribution in [2.75, 3.05) is 26.2 Å². The first kappa shape index (κ1) is 17.7. The topological polar surface area (TPSA) is 65.5 Å². The molecule has 6 nitrogen and oxygen atoms in total. The first-order chi connectivity index (χ1) is 12.1. The summed E-state index contributed by atoms with van der Waals surface area (Å²) in [6.45, 7) is 5.73. The highest BCUT2D eigenvalue weighted by molar-refractivity contribution is 5.81. The van der Waals surface area contributed by atoms with Gasteiger partial charge in [-0.25, -0.2) is 4.79 Å². The molecule has 25 heavy (non-hydrogen) atoms. The molecule has 0 aromatic carbocycles. The lowest BCUT2D eigenvalue weighted by Crippen LogP contribution is -2.50. The minimum Gasteiger partial charge on any atom is -0.342 e. The van der Waals surface area contributed by atoms with Gasteiger partial charge in [0.15, 0.2) is 0 Å². The molecular weight excluding hydrogens is 316 g/mol. The van der Waals surface area contributed by atoms with Gasteiger partial charge in [-0.3, -0.25) is 9.78 Å². The Kier molecular flexibility index (Phi) is 5.89. The predicted molar refractivity (Wildman–Crippen MR) is 95.7 cm³/mol. The minimum absolute atomic E-state index is 0.0474. The van der Waals surface area contributed by atoms with Crippen molar-refractivity contribution in [2.24, 2.45) is 11.8 Å². The molecule has 0 spiro atoms. The number of nitrogens with zero attached hydrogens (tertiary/aromatic N) is 3. The van der Waals surface area contributed by atoms with Crippen molar-refractivity contribution in [3.05, 3.63) is 30.1 Å². The number of likely N-dealkylation sites (tertiary alicyclic amines) is 2. The maximum absolute atomic E-state index is 12.8. The van der Waals surface area contributed by atoms with Crippen LogP contribution in [0.5, 0.6) is 0 Å². The smallest absolute Gasteiger partial charge is 0.317 e. The predicted octanol–water partition coefficient (Wildman–Crippen LogP) is 2.26. The maximum atomic E-state index is 12.8. The van der Waals surface area contributed by atoms with E-state index in [1.807, 2.05) is 17.0 Å². The number of urea groups is 1. The number of nitrogens with one attached hydrogen (secondary N) is 1. The number of pyridine rings is 1. The van der Waals surface area contributed by atoms with Crippen molar-refractivity contribution < 1.29 is 9.59 Å². The van der Waals surface area contributed by atoms with Crippen LogP contribution in [0.2, 0.25) is 0 Å². The molecular formula is C19H28N4O2. The summed E-state index contributed by atoms with van der Waals surface area (Å²) in [5, 5.41) is 2.95. The average molecular weight is 344 g/mol. The van der Waals surface area contributed by atoms with Gasteiger partial charge in [0.25, 0.3) is 0 Å². The molecule has 1 N–H and O–H groups in total. The molecule has 3 rings (SSSR count). The van der Waals surface area contributed by atoms with Gasteiger partial charge in [0, 0.05) is 45.1 Å². The van der Waals surface area contributed by atoms with Crippen LogP contribution in [0.4, 0.5) is 4.79 Å². The standard InChI is InChI=1S/C19H28N4O2/c1-15-6-11-22(12-7-15)18(24)17-3-2-10-23(14-17)19(25)21-13-16-4-8-20-9-5-16/h4-5,8-9,15,17H,2-3,6-7,10-14H2,1H3,(H,21,25)/t17-/m0/s1. The number of aromatic nitrogens is 1. The molecule has 3 heterocycles. The lowest BCUT2D eigenvalue weighted by atomic mass is 9.93. The van der Waals surface area contributed by atoms with E-state index in [9.17, 15) is 9.59 Å². The average Bonchev–Trinajstić information content (AvgIpc) is 2.67. The number of carbonyl (C=O) groups is 2. The number of carbonyl (C=O) groups excluding carboxylic acids is 2. The molecule has 2 saturated heterocycles. The Hall–Kier alpha value is -2.11. The fraction of sp³-hybridized carbons (Fsp3) is 0.632. The Balaban J connectivity index is 1.50. The molecule has 2 fully saturated rings. The summed E-state index contributed by atoms with van der Waals surface area (Å²) in [6, 6.07) is 3.70. The summed E-state index contributed by atoms with van der Waals surface area (Å²) in [5.41, 5.74) is 1.02. The van der Waals surface area contributed by atoms with Gasteiger partial charge in [-0.1, -0.05) is 6.92 Å². The zero-order chi connectivity index (χ0) is 17.6. The summed E-state index contributed by atoms with van der Waals surface area (Å²) in [7, 11) is 0. The van der Waals surface area contributed by atoms with Crippen LogP contribution in [0.3, 0.4) is 0 Å². The van der Waals surface area contributed by atoms with Gasteiger partial charge < -0.3 is 15.1 Å². The number of amides is 3. The second kappa shape index (κ2) is 8.32. The molecule has 6 heteroatoms. The van der Waals surface area contributed by atoms with Crippen molar-refractivity contribution in [2.45, 2.75) is 39.2 Å². The molecule has 3 amide bonds. The van der Waals surface area contributed by atoms with Gasteiger partial charge in [0.2, 0.25) is 5.91 Å².